The standard InChI is InChI=1S/C28H31FO4/c1-28(2,3)27(32-4)24-17-20(12-14-22(24)23-10-5-6-11-25(23)29)18-33-21-9-7-8-19(16-21)13-15-26(30)31/h5-12,14,16-17,27H,13,15,18H2,1-4H3,(H,30,31). The average Bonchev–Trinajstić information content (AvgIpc) is 2.77. The third kappa shape index (κ3) is 6.42. The molecule has 174 valence electrons. The van der Waals surface area contributed by atoms with E-state index in [-0.39, 0.29) is 23.8 Å². The molecule has 0 aliphatic rings. The maximum atomic E-state index is 14.6. The molecule has 0 spiro atoms. The largest absolute Gasteiger partial charge is 0.489 e. The first-order valence-electron chi connectivity index (χ1n) is 11.0. The lowest BCUT2D eigenvalue weighted by atomic mass is 9.81. The zero-order valence-electron chi connectivity index (χ0n) is 19.6. The lowest BCUT2D eigenvalue weighted by Gasteiger charge is -2.32. The molecule has 0 radical (unpaired) electrons. The van der Waals surface area contributed by atoms with E-state index in [1.54, 1.807) is 19.2 Å². The van der Waals surface area contributed by atoms with Gasteiger partial charge in [0.15, 0.2) is 0 Å². The lowest BCUT2D eigenvalue weighted by molar-refractivity contribution is -0.136. The van der Waals surface area contributed by atoms with Gasteiger partial charge >= 0.3 is 5.97 Å². The molecule has 0 fully saturated rings. The summed E-state index contributed by atoms with van der Waals surface area (Å²) in [6.45, 7) is 6.61. The van der Waals surface area contributed by atoms with Crippen LogP contribution >= 0.6 is 0 Å². The molecular formula is C28H31FO4. The molecule has 1 atom stereocenters. The quantitative estimate of drug-likeness (QED) is 0.388. The molecule has 3 aromatic rings. The molecule has 0 heterocycles. The van der Waals surface area contributed by atoms with Crippen molar-refractivity contribution >= 4 is 5.97 Å². The Hall–Kier alpha value is -3.18. The number of carbonyl (C=O) groups is 1. The Morgan fingerprint density at radius 1 is 0.970 bits per heavy atom. The predicted octanol–water partition coefficient (Wildman–Crippen LogP) is 6.82. The fourth-order valence-corrected chi connectivity index (χ4v) is 4.00. The highest BCUT2D eigenvalue weighted by molar-refractivity contribution is 5.69. The number of aliphatic carboxylic acids is 1. The molecule has 0 bridgehead atoms. The zero-order chi connectivity index (χ0) is 24.0. The van der Waals surface area contributed by atoms with E-state index in [4.69, 9.17) is 14.6 Å². The third-order valence-corrected chi connectivity index (χ3v) is 5.52. The minimum atomic E-state index is -0.824. The monoisotopic (exact) mass is 450 g/mol. The van der Waals surface area contributed by atoms with Crippen molar-refractivity contribution in [2.24, 2.45) is 5.41 Å². The van der Waals surface area contributed by atoms with Gasteiger partial charge in [-0.15, -0.1) is 0 Å². The molecule has 0 aliphatic heterocycles. The number of carboxylic acid groups (broad SMARTS) is 1. The van der Waals surface area contributed by atoms with Gasteiger partial charge in [-0.1, -0.05) is 63.2 Å². The number of carboxylic acids is 1. The summed E-state index contributed by atoms with van der Waals surface area (Å²) in [5.74, 6) is -0.420. The Balaban J connectivity index is 1.90. The van der Waals surface area contributed by atoms with Crippen molar-refractivity contribution < 1.29 is 23.8 Å². The van der Waals surface area contributed by atoms with Gasteiger partial charge in [0, 0.05) is 19.1 Å². The first-order chi connectivity index (χ1) is 15.7. The predicted molar refractivity (Wildman–Crippen MR) is 128 cm³/mol. The number of ether oxygens (including phenoxy) is 2. The van der Waals surface area contributed by atoms with E-state index in [1.807, 2.05) is 48.5 Å². The first kappa shape index (κ1) is 24.5. The minimum Gasteiger partial charge on any atom is -0.489 e. The summed E-state index contributed by atoms with van der Waals surface area (Å²) in [5.41, 5.74) is 3.90. The number of benzene rings is 3. The molecule has 4 nitrogen and oxygen atoms in total. The van der Waals surface area contributed by atoms with E-state index in [0.717, 1.165) is 22.3 Å². The topological polar surface area (TPSA) is 55.8 Å². The first-order valence-corrected chi connectivity index (χ1v) is 11.0. The van der Waals surface area contributed by atoms with Gasteiger partial charge in [-0.25, -0.2) is 4.39 Å². The van der Waals surface area contributed by atoms with Crippen LogP contribution in [0.15, 0.2) is 66.7 Å². The molecule has 0 saturated carbocycles. The molecule has 33 heavy (non-hydrogen) atoms. The second-order valence-corrected chi connectivity index (χ2v) is 9.21. The Morgan fingerprint density at radius 3 is 2.39 bits per heavy atom. The summed E-state index contributed by atoms with van der Waals surface area (Å²) in [6, 6.07) is 20.1. The number of halogens is 1. The van der Waals surface area contributed by atoms with Gasteiger partial charge in [0.2, 0.25) is 0 Å². The number of hydrogen-bond acceptors (Lipinski definition) is 3. The van der Waals surface area contributed by atoms with Crippen LogP contribution in [-0.2, 0) is 22.6 Å². The minimum absolute atomic E-state index is 0.0789. The highest BCUT2D eigenvalue weighted by Crippen LogP contribution is 2.41. The molecular weight excluding hydrogens is 419 g/mol. The molecule has 5 heteroatoms. The SMILES string of the molecule is COC(c1cc(COc2cccc(CCC(=O)O)c2)ccc1-c1ccccc1F)C(C)(C)C. The van der Waals surface area contributed by atoms with Gasteiger partial charge in [-0.05, 0) is 58.4 Å². The number of methoxy groups -OCH3 is 1. The zero-order valence-corrected chi connectivity index (χ0v) is 19.6. The van der Waals surface area contributed by atoms with Gasteiger partial charge in [-0.2, -0.15) is 0 Å². The molecule has 0 aliphatic carbocycles. The molecule has 1 unspecified atom stereocenters. The maximum Gasteiger partial charge on any atom is 0.303 e. The fraction of sp³-hybridized carbons (Fsp3) is 0.321. The van der Waals surface area contributed by atoms with E-state index in [9.17, 15) is 9.18 Å². The van der Waals surface area contributed by atoms with Crippen LogP contribution in [-0.4, -0.2) is 18.2 Å². The Kier molecular flexibility index (Phi) is 7.88. The van der Waals surface area contributed by atoms with Crippen molar-refractivity contribution in [2.45, 2.75) is 46.3 Å². The number of aryl methyl sites for hydroxylation is 1. The molecule has 1 N–H and O–H groups in total. The van der Waals surface area contributed by atoms with Crippen molar-refractivity contribution in [1.29, 1.82) is 0 Å². The summed E-state index contributed by atoms with van der Waals surface area (Å²) >= 11 is 0. The van der Waals surface area contributed by atoms with Crippen LogP contribution < -0.4 is 4.74 Å². The summed E-state index contributed by atoms with van der Waals surface area (Å²) in [6.07, 6.45) is 0.288. The van der Waals surface area contributed by atoms with Crippen molar-refractivity contribution in [1.82, 2.24) is 0 Å². The van der Waals surface area contributed by atoms with Crippen LogP contribution in [0.5, 0.6) is 5.75 Å². The lowest BCUT2D eigenvalue weighted by Crippen LogP contribution is -2.21. The van der Waals surface area contributed by atoms with Crippen LogP contribution in [0, 0.1) is 11.2 Å². The highest BCUT2D eigenvalue weighted by atomic mass is 19.1. The normalized spacial score (nSPS) is 12.4. The van der Waals surface area contributed by atoms with E-state index in [0.29, 0.717) is 24.3 Å². The second kappa shape index (κ2) is 10.6. The van der Waals surface area contributed by atoms with Crippen LogP contribution in [0.1, 0.15) is 50.0 Å². The Bertz CT molecular complexity index is 1100. The van der Waals surface area contributed by atoms with Gasteiger partial charge in [-0.3, -0.25) is 4.79 Å². The fourth-order valence-electron chi connectivity index (χ4n) is 4.00. The highest BCUT2D eigenvalue weighted by Gasteiger charge is 2.29. The van der Waals surface area contributed by atoms with Crippen molar-refractivity contribution in [3.63, 3.8) is 0 Å². The number of hydrogen-bond donors (Lipinski definition) is 1. The van der Waals surface area contributed by atoms with E-state index < -0.39 is 5.97 Å². The summed E-state index contributed by atoms with van der Waals surface area (Å²) < 4.78 is 26.5. The van der Waals surface area contributed by atoms with E-state index in [1.165, 1.54) is 6.07 Å². The van der Waals surface area contributed by atoms with Gasteiger partial charge in [0.05, 0.1) is 6.10 Å². The van der Waals surface area contributed by atoms with Gasteiger partial charge in [0.25, 0.3) is 0 Å². The average molecular weight is 451 g/mol. The molecule has 0 amide bonds. The van der Waals surface area contributed by atoms with Gasteiger partial charge in [0.1, 0.15) is 18.2 Å². The molecule has 0 aromatic heterocycles. The summed E-state index contributed by atoms with van der Waals surface area (Å²) in [4.78, 5) is 10.8. The summed E-state index contributed by atoms with van der Waals surface area (Å²) in [5, 5.41) is 8.90. The van der Waals surface area contributed by atoms with Crippen molar-refractivity contribution in [3.8, 4) is 16.9 Å². The van der Waals surface area contributed by atoms with Crippen molar-refractivity contribution in [2.75, 3.05) is 7.11 Å². The van der Waals surface area contributed by atoms with Crippen LogP contribution in [0.25, 0.3) is 11.1 Å². The van der Waals surface area contributed by atoms with Crippen LogP contribution in [0.2, 0.25) is 0 Å². The second-order valence-electron chi connectivity index (χ2n) is 9.21. The molecule has 3 rings (SSSR count). The van der Waals surface area contributed by atoms with E-state index in [2.05, 4.69) is 20.8 Å². The van der Waals surface area contributed by atoms with Crippen LogP contribution in [0.3, 0.4) is 0 Å². The van der Waals surface area contributed by atoms with Crippen molar-refractivity contribution in [3.05, 3.63) is 89.2 Å². The molecule has 0 saturated heterocycles. The van der Waals surface area contributed by atoms with E-state index >= 15 is 0 Å². The Labute approximate surface area is 195 Å². The maximum absolute atomic E-state index is 14.6. The third-order valence-electron chi connectivity index (χ3n) is 5.52. The number of rotatable bonds is 9. The Morgan fingerprint density at radius 2 is 1.73 bits per heavy atom. The van der Waals surface area contributed by atoms with Crippen LogP contribution in [0.4, 0.5) is 4.39 Å². The van der Waals surface area contributed by atoms with Gasteiger partial charge < -0.3 is 14.6 Å². The smallest absolute Gasteiger partial charge is 0.303 e. The summed E-state index contributed by atoms with van der Waals surface area (Å²) in [7, 11) is 1.67. The molecule has 3 aromatic carbocycles.